The molecule has 4 nitrogen and oxygen atoms in total. The van der Waals surface area contributed by atoms with E-state index in [1.54, 1.807) is 4.88 Å². The summed E-state index contributed by atoms with van der Waals surface area (Å²) in [6.45, 7) is 4.13. The molecular formula is C13H16N4S. The molecule has 0 fully saturated rings. The highest BCUT2D eigenvalue weighted by molar-refractivity contribution is 7.15. The molecule has 94 valence electrons. The molecule has 0 aromatic carbocycles. The Morgan fingerprint density at radius 2 is 2.33 bits per heavy atom. The average Bonchev–Trinajstić information content (AvgIpc) is 3.00. The summed E-state index contributed by atoms with van der Waals surface area (Å²) < 4.78 is 2.28. The minimum atomic E-state index is 0.312. The minimum Gasteiger partial charge on any atom is -0.308 e. The Hall–Kier alpha value is -1.20. The first-order chi connectivity index (χ1) is 8.83. The van der Waals surface area contributed by atoms with E-state index in [4.69, 9.17) is 0 Å². The number of aromatic nitrogens is 3. The predicted molar refractivity (Wildman–Crippen MR) is 71.8 cm³/mol. The predicted octanol–water partition coefficient (Wildman–Crippen LogP) is 2.16. The van der Waals surface area contributed by atoms with Gasteiger partial charge in [-0.25, -0.2) is 0 Å². The number of nitrogens with one attached hydrogen (secondary N) is 1. The molecule has 18 heavy (non-hydrogen) atoms. The molecular weight excluding hydrogens is 244 g/mol. The van der Waals surface area contributed by atoms with Crippen LogP contribution in [-0.4, -0.2) is 21.3 Å². The van der Waals surface area contributed by atoms with Crippen LogP contribution in [0.2, 0.25) is 0 Å². The molecule has 0 bridgehead atoms. The molecule has 1 N–H and O–H groups in total. The topological polar surface area (TPSA) is 42.7 Å². The number of thiophene rings is 1. The molecule has 1 atom stereocenters. The molecule has 3 heterocycles. The van der Waals surface area contributed by atoms with Crippen LogP contribution < -0.4 is 5.32 Å². The molecule has 1 aliphatic heterocycles. The second-order valence-electron chi connectivity index (χ2n) is 5.12. The fourth-order valence-corrected chi connectivity index (χ4v) is 4.21. The zero-order valence-electron chi connectivity index (χ0n) is 10.4. The number of rotatable bonds is 1. The largest absolute Gasteiger partial charge is 0.308 e. The summed E-state index contributed by atoms with van der Waals surface area (Å²) in [5, 5.41) is 12.2. The highest BCUT2D eigenvalue weighted by Crippen LogP contribution is 2.36. The standard InChI is InChI=1S/C13H16N4S/c1-8-12-15-16-13(17(12)6-5-14-8)11-7-9-3-2-4-10(9)18-11/h7-8,14H,2-6H2,1H3. The van der Waals surface area contributed by atoms with Gasteiger partial charge < -0.3 is 9.88 Å². The van der Waals surface area contributed by atoms with Crippen LogP contribution in [0.3, 0.4) is 0 Å². The number of fused-ring (bicyclic) bond motifs is 2. The molecule has 1 aliphatic carbocycles. The van der Waals surface area contributed by atoms with Crippen molar-refractivity contribution in [2.24, 2.45) is 0 Å². The second kappa shape index (κ2) is 3.90. The zero-order valence-corrected chi connectivity index (χ0v) is 11.3. The van der Waals surface area contributed by atoms with Gasteiger partial charge in [-0.15, -0.1) is 21.5 Å². The lowest BCUT2D eigenvalue weighted by atomic mass is 10.2. The Morgan fingerprint density at radius 1 is 1.39 bits per heavy atom. The monoisotopic (exact) mass is 260 g/mol. The van der Waals surface area contributed by atoms with E-state index in [2.05, 4.69) is 33.1 Å². The van der Waals surface area contributed by atoms with Crippen molar-refractivity contribution in [2.45, 2.75) is 38.8 Å². The summed E-state index contributed by atoms with van der Waals surface area (Å²) in [4.78, 5) is 2.86. The summed E-state index contributed by atoms with van der Waals surface area (Å²) in [7, 11) is 0. The molecule has 0 amide bonds. The number of aryl methyl sites for hydroxylation is 2. The van der Waals surface area contributed by atoms with Gasteiger partial charge in [-0.3, -0.25) is 0 Å². The third kappa shape index (κ3) is 1.47. The Labute approximate surface area is 110 Å². The Balaban J connectivity index is 1.80. The normalized spacial score (nSPS) is 21.9. The van der Waals surface area contributed by atoms with Crippen LogP contribution in [0.5, 0.6) is 0 Å². The number of hydrogen-bond acceptors (Lipinski definition) is 4. The van der Waals surface area contributed by atoms with Crippen LogP contribution in [0, 0.1) is 0 Å². The Morgan fingerprint density at radius 3 is 3.22 bits per heavy atom. The van der Waals surface area contributed by atoms with E-state index in [0.29, 0.717) is 6.04 Å². The highest BCUT2D eigenvalue weighted by atomic mass is 32.1. The first kappa shape index (κ1) is 10.7. The molecule has 0 spiro atoms. The van der Waals surface area contributed by atoms with E-state index in [9.17, 15) is 0 Å². The SMILES string of the molecule is CC1NCCn2c(-c3cc4c(s3)CCC4)nnc21. The Kier molecular flexibility index (Phi) is 2.32. The maximum Gasteiger partial charge on any atom is 0.174 e. The van der Waals surface area contributed by atoms with E-state index in [1.807, 2.05) is 11.3 Å². The first-order valence-corrected chi connectivity index (χ1v) is 7.43. The van der Waals surface area contributed by atoms with Crippen molar-refractivity contribution in [1.29, 1.82) is 0 Å². The van der Waals surface area contributed by atoms with E-state index in [0.717, 1.165) is 24.7 Å². The third-order valence-electron chi connectivity index (χ3n) is 3.92. The molecule has 2 aromatic rings. The van der Waals surface area contributed by atoms with Crippen LogP contribution >= 0.6 is 11.3 Å². The van der Waals surface area contributed by atoms with Crippen molar-refractivity contribution in [3.05, 3.63) is 22.3 Å². The van der Waals surface area contributed by atoms with Crippen LogP contribution in [0.25, 0.3) is 10.7 Å². The van der Waals surface area contributed by atoms with Crippen molar-refractivity contribution in [1.82, 2.24) is 20.1 Å². The minimum absolute atomic E-state index is 0.312. The van der Waals surface area contributed by atoms with Crippen LogP contribution in [-0.2, 0) is 19.4 Å². The van der Waals surface area contributed by atoms with Crippen LogP contribution in [0.15, 0.2) is 6.07 Å². The van der Waals surface area contributed by atoms with E-state index in [-0.39, 0.29) is 0 Å². The molecule has 5 heteroatoms. The molecule has 1 unspecified atom stereocenters. The fraction of sp³-hybridized carbons (Fsp3) is 0.538. The zero-order chi connectivity index (χ0) is 12.1. The molecule has 2 aliphatic rings. The van der Waals surface area contributed by atoms with Gasteiger partial charge in [0.1, 0.15) is 5.82 Å². The Bertz CT molecular complexity index is 577. The van der Waals surface area contributed by atoms with E-state index < -0.39 is 0 Å². The van der Waals surface area contributed by atoms with Gasteiger partial charge in [0.15, 0.2) is 5.82 Å². The van der Waals surface area contributed by atoms with Gasteiger partial charge in [-0.2, -0.15) is 0 Å². The first-order valence-electron chi connectivity index (χ1n) is 6.61. The lowest BCUT2D eigenvalue weighted by molar-refractivity contribution is 0.439. The van der Waals surface area contributed by atoms with Crippen molar-refractivity contribution in [3.63, 3.8) is 0 Å². The van der Waals surface area contributed by atoms with Gasteiger partial charge in [0.25, 0.3) is 0 Å². The van der Waals surface area contributed by atoms with Crippen molar-refractivity contribution < 1.29 is 0 Å². The fourth-order valence-electron chi connectivity index (χ4n) is 2.96. The lowest BCUT2D eigenvalue weighted by Crippen LogP contribution is -2.32. The molecule has 4 rings (SSSR count). The van der Waals surface area contributed by atoms with Gasteiger partial charge in [-0.05, 0) is 37.8 Å². The van der Waals surface area contributed by atoms with E-state index in [1.165, 1.54) is 29.7 Å². The summed E-state index contributed by atoms with van der Waals surface area (Å²) in [6.07, 6.45) is 3.81. The molecule has 0 radical (unpaired) electrons. The molecule has 0 saturated heterocycles. The summed E-state index contributed by atoms with van der Waals surface area (Å²) in [6, 6.07) is 2.64. The van der Waals surface area contributed by atoms with Gasteiger partial charge in [0.2, 0.25) is 0 Å². The quantitative estimate of drug-likeness (QED) is 0.854. The van der Waals surface area contributed by atoms with Gasteiger partial charge in [0.05, 0.1) is 10.9 Å². The maximum atomic E-state index is 4.41. The van der Waals surface area contributed by atoms with Crippen LogP contribution in [0.4, 0.5) is 0 Å². The van der Waals surface area contributed by atoms with Crippen molar-refractivity contribution >= 4 is 11.3 Å². The third-order valence-corrected chi connectivity index (χ3v) is 5.15. The van der Waals surface area contributed by atoms with Crippen molar-refractivity contribution in [2.75, 3.05) is 6.54 Å². The molecule has 2 aromatic heterocycles. The maximum absolute atomic E-state index is 4.41. The van der Waals surface area contributed by atoms with Crippen molar-refractivity contribution in [3.8, 4) is 10.7 Å². The highest BCUT2D eigenvalue weighted by Gasteiger charge is 2.24. The molecule has 0 saturated carbocycles. The number of hydrogen-bond donors (Lipinski definition) is 1. The summed E-state index contributed by atoms with van der Waals surface area (Å²) in [5.41, 5.74) is 1.54. The van der Waals surface area contributed by atoms with Gasteiger partial charge >= 0.3 is 0 Å². The van der Waals surface area contributed by atoms with E-state index >= 15 is 0 Å². The average molecular weight is 260 g/mol. The second-order valence-corrected chi connectivity index (χ2v) is 6.26. The van der Waals surface area contributed by atoms with Gasteiger partial charge in [0, 0.05) is 18.0 Å². The van der Waals surface area contributed by atoms with Crippen LogP contribution in [0.1, 0.15) is 35.7 Å². The lowest BCUT2D eigenvalue weighted by Gasteiger charge is -2.21. The van der Waals surface area contributed by atoms with Gasteiger partial charge in [-0.1, -0.05) is 0 Å². The smallest absolute Gasteiger partial charge is 0.174 e. The summed E-state index contributed by atoms with van der Waals surface area (Å²) in [5.74, 6) is 2.14. The summed E-state index contributed by atoms with van der Waals surface area (Å²) >= 11 is 1.91. The number of nitrogens with zero attached hydrogens (tertiary/aromatic N) is 3.